The molecule has 0 aromatic heterocycles. The molecule has 2 N–H and O–H groups in total. The van der Waals surface area contributed by atoms with Crippen molar-refractivity contribution in [3.63, 3.8) is 0 Å². The van der Waals surface area contributed by atoms with Gasteiger partial charge < -0.3 is 15.3 Å². The van der Waals surface area contributed by atoms with E-state index in [9.17, 15) is 0 Å². The molecule has 1 rings (SSSR count). The summed E-state index contributed by atoms with van der Waals surface area (Å²) in [5, 5.41) is 12.3. The molecule has 0 atom stereocenters. The summed E-state index contributed by atoms with van der Waals surface area (Å²) in [6.07, 6.45) is 14.9. The number of rotatable bonds is 9. The highest BCUT2D eigenvalue weighted by Crippen LogP contribution is 2.18. The Kier molecular flexibility index (Phi) is 10.0. The summed E-state index contributed by atoms with van der Waals surface area (Å²) in [7, 11) is 5.54. The number of aliphatic hydroxyl groups excluding tert-OH is 1. The molecule has 0 fully saturated rings. The molecule has 1 aliphatic carbocycles. The fourth-order valence-corrected chi connectivity index (χ4v) is 2.60. The van der Waals surface area contributed by atoms with Crippen LogP contribution in [-0.4, -0.2) is 55.8 Å². The van der Waals surface area contributed by atoms with E-state index in [-0.39, 0.29) is 6.61 Å². The lowest BCUT2D eigenvalue weighted by atomic mass is 9.99. The predicted octanol–water partition coefficient (Wildman–Crippen LogP) is 3.24. The third kappa shape index (κ3) is 6.48. The van der Waals surface area contributed by atoms with Gasteiger partial charge in [-0.25, -0.2) is 0 Å². The minimum atomic E-state index is 0.246. The van der Waals surface area contributed by atoms with Gasteiger partial charge in [0.1, 0.15) is 5.84 Å². The van der Waals surface area contributed by atoms with E-state index in [0.717, 1.165) is 54.2 Å². The van der Waals surface area contributed by atoms with E-state index in [1.54, 1.807) is 20.3 Å². The molecule has 0 spiro atoms. The minimum absolute atomic E-state index is 0.246. The Morgan fingerprint density at radius 2 is 2.04 bits per heavy atom. The van der Waals surface area contributed by atoms with Gasteiger partial charge in [-0.05, 0) is 61.8 Å². The van der Waals surface area contributed by atoms with Crippen LogP contribution in [0.5, 0.6) is 0 Å². The molecule has 0 radical (unpaired) electrons. The summed E-state index contributed by atoms with van der Waals surface area (Å²) < 4.78 is 0. The summed E-state index contributed by atoms with van der Waals surface area (Å²) in [6.45, 7) is 6.95. The quantitative estimate of drug-likeness (QED) is 0.379. The molecule has 0 aliphatic heterocycles. The van der Waals surface area contributed by atoms with Crippen LogP contribution in [0.4, 0.5) is 0 Å². The van der Waals surface area contributed by atoms with Crippen LogP contribution in [0.25, 0.3) is 0 Å². The van der Waals surface area contributed by atoms with Crippen LogP contribution < -0.4 is 5.32 Å². The highest BCUT2D eigenvalue weighted by Gasteiger charge is 2.12. The standard InChI is InChI=1S/C21H32N4O/c1-6-18-15-17(11-12-19(18)22-3)16-20(25(5)7-2)21(23-4)24-13-9-8-10-14-26/h6-7,11-12,15-16,26H,2,8-10,13-14H2,1,3-5H3,(H,23,24)/b18-6-,20-16-,22-19?. The van der Waals surface area contributed by atoms with E-state index in [2.05, 4.69) is 46.2 Å². The maximum Gasteiger partial charge on any atom is 0.145 e. The Hall–Kier alpha value is -2.40. The number of nitrogens with one attached hydrogen (secondary N) is 1. The number of aliphatic hydroxyl groups is 1. The second-order valence-corrected chi connectivity index (χ2v) is 5.94. The van der Waals surface area contributed by atoms with Gasteiger partial charge in [0.25, 0.3) is 0 Å². The molecule has 0 unspecified atom stereocenters. The van der Waals surface area contributed by atoms with Crippen molar-refractivity contribution in [3.8, 4) is 0 Å². The summed E-state index contributed by atoms with van der Waals surface area (Å²) in [5.74, 6) is 0.822. The van der Waals surface area contributed by atoms with Gasteiger partial charge in [0.05, 0.1) is 11.4 Å². The van der Waals surface area contributed by atoms with Crippen molar-refractivity contribution >= 4 is 11.5 Å². The number of hydrogen-bond donors (Lipinski definition) is 2. The van der Waals surface area contributed by atoms with E-state index in [1.165, 1.54) is 0 Å². The number of amidine groups is 1. The smallest absolute Gasteiger partial charge is 0.145 e. The maximum atomic E-state index is 8.88. The van der Waals surface area contributed by atoms with E-state index in [1.807, 2.05) is 24.9 Å². The van der Waals surface area contributed by atoms with Crippen molar-refractivity contribution in [2.75, 3.05) is 34.3 Å². The van der Waals surface area contributed by atoms with Gasteiger partial charge in [0.2, 0.25) is 0 Å². The minimum Gasteiger partial charge on any atom is -0.396 e. The summed E-state index contributed by atoms with van der Waals surface area (Å²) in [4.78, 5) is 10.7. The van der Waals surface area contributed by atoms with E-state index in [0.29, 0.717) is 0 Å². The van der Waals surface area contributed by atoms with Crippen molar-refractivity contribution in [2.24, 2.45) is 9.98 Å². The molecule has 0 aromatic carbocycles. The molecule has 0 saturated carbocycles. The third-order valence-electron chi connectivity index (χ3n) is 4.15. The normalized spacial score (nSPS) is 18.3. The van der Waals surface area contributed by atoms with Gasteiger partial charge in [-0.15, -0.1) is 0 Å². The Labute approximate surface area is 157 Å². The van der Waals surface area contributed by atoms with Gasteiger partial charge in [-0.3, -0.25) is 9.98 Å². The molecule has 1 aliphatic rings. The predicted molar refractivity (Wildman–Crippen MR) is 113 cm³/mol. The molecule has 0 aromatic rings. The SMILES string of the molecule is C=CN(C)/C(=C\C1=CC(=C/C)/C(=NC)C=C1)C(=NC)NCCCCCO. The van der Waals surface area contributed by atoms with Crippen LogP contribution in [0.15, 0.2) is 70.0 Å². The first kappa shape index (κ1) is 21.6. The fourth-order valence-electron chi connectivity index (χ4n) is 2.60. The lowest BCUT2D eigenvalue weighted by Crippen LogP contribution is -2.32. The van der Waals surface area contributed by atoms with Gasteiger partial charge in [0.15, 0.2) is 0 Å². The van der Waals surface area contributed by atoms with Gasteiger partial charge in [-0.1, -0.05) is 18.7 Å². The van der Waals surface area contributed by atoms with Crippen LogP contribution in [0, 0.1) is 0 Å². The summed E-state index contributed by atoms with van der Waals surface area (Å²) >= 11 is 0. The summed E-state index contributed by atoms with van der Waals surface area (Å²) in [6, 6.07) is 0. The average molecular weight is 357 g/mol. The van der Waals surface area contributed by atoms with Crippen molar-refractivity contribution in [3.05, 3.63) is 60.0 Å². The summed E-state index contributed by atoms with van der Waals surface area (Å²) in [5.41, 5.74) is 4.12. The molecule has 0 amide bonds. The van der Waals surface area contributed by atoms with Gasteiger partial charge in [-0.2, -0.15) is 0 Å². The molecule has 0 bridgehead atoms. The molecule has 5 nitrogen and oxygen atoms in total. The Bertz CT molecular complexity index is 651. The monoisotopic (exact) mass is 356 g/mol. The second-order valence-electron chi connectivity index (χ2n) is 5.94. The fraction of sp³-hybridized carbons (Fsp3) is 0.429. The number of likely N-dealkylation sites (N-methyl/N-ethyl adjacent to an activating group) is 1. The zero-order valence-corrected chi connectivity index (χ0v) is 16.5. The second kappa shape index (κ2) is 12.0. The van der Waals surface area contributed by atoms with Crippen LogP contribution in [0.1, 0.15) is 26.2 Å². The molecule has 142 valence electrons. The Morgan fingerprint density at radius 1 is 1.27 bits per heavy atom. The Morgan fingerprint density at radius 3 is 2.62 bits per heavy atom. The first-order valence-electron chi connectivity index (χ1n) is 9.03. The first-order valence-corrected chi connectivity index (χ1v) is 9.03. The molecular weight excluding hydrogens is 324 g/mol. The van der Waals surface area contributed by atoms with Crippen molar-refractivity contribution in [2.45, 2.75) is 26.2 Å². The van der Waals surface area contributed by atoms with Crippen LogP contribution in [0.3, 0.4) is 0 Å². The number of allylic oxidation sites excluding steroid dienone is 7. The molecule has 26 heavy (non-hydrogen) atoms. The molecule has 5 heteroatoms. The largest absolute Gasteiger partial charge is 0.396 e. The van der Waals surface area contributed by atoms with E-state index < -0.39 is 0 Å². The first-order chi connectivity index (χ1) is 12.6. The topological polar surface area (TPSA) is 60.2 Å². The highest BCUT2D eigenvalue weighted by molar-refractivity contribution is 6.12. The van der Waals surface area contributed by atoms with Crippen molar-refractivity contribution in [1.29, 1.82) is 0 Å². The number of aliphatic imine (C=N–C) groups is 2. The van der Waals surface area contributed by atoms with Crippen molar-refractivity contribution in [1.82, 2.24) is 10.2 Å². The lowest BCUT2D eigenvalue weighted by molar-refractivity contribution is 0.283. The lowest BCUT2D eigenvalue weighted by Gasteiger charge is -2.22. The third-order valence-corrected chi connectivity index (χ3v) is 4.15. The van der Waals surface area contributed by atoms with Crippen LogP contribution in [0.2, 0.25) is 0 Å². The molecule has 0 saturated heterocycles. The van der Waals surface area contributed by atoms with Gasteiger partial charge >= 0.3 is 0 Å². The average Bonchev–Trinajstić information content (AvgIpc) is 2.68. The maximum absolute atomic E-state index is 8.88. The zero-order valence-electron chi connectivity index (χ0n) is 16.5. The highest BCUT2D eigenvalue weighted by atomic mass is 16.2. The molecule has 0 heterocycles. The number of unbranched alkanes of at least 4 members (excludes halogenated alkanes) is 2. The van der Waals surface area contributed by atoms with Gasteiger partial charge in [0, 0.05) is 34.3 Å². The Balaban J connectivity index is 3.02. The number of nitrogens with zero attached hydrogens (tertiary/aromatic N) is 3. The van der Waals surface area contributed by atoms with E-state index in [4.69, 9.17) is 5.11 Å². The van der Waals surface area contributed by atoms with Crippen LogP contribution >= 0.6 is 0 Å². The van der Waals surface area contributed by atoms with Crippen molar-refractivity contribution < 1.29 is 5.11 Å². The van der Waals surface area contributed by atoms with E-state index >= 15 is 0 Å². The number of hydrogen-bond acceptors (Lipinski definition) is 4. The van der Waals surface area contributed by atoms with Crippen LogP contribution in [-0.2, 0) is 0 Å². The zero-order chi connectivity index (χ0) is 19.4. The molecular formula is C21H32N4O.